The molecule has 142 valence electrons. The maximum absolute atomic E-state index is 12.4. The van der Waals surface area contributed by atoms with Gasteiger partial charge >= 0.3 is 0 Å². The minimum Gasteiger partial charge on any atom is -0.326 e. The minimum absolute atomic E-state index is 0.00422. The fraction of sp³-hybridized carbons (Fsp3) is 0.364. The van der Waals surface area contributed by atoms with Gasteiger partial charge in [0, 0.05) is 17.3 Å². The smallest absolute Gasteiger partial charge is 0.238 e. The fourth-order valence-electron chi connectivity index (χ4n) is 3.39. The Morgan fingerprint density at radius 1 is 0.963 bits per heavy atom. The average Bonchev–Trinajstić information content (AvgIpc) is 2.69. The molecule has 5 heteroatoms. The zero-order valence-corrected chi connectivity index (χ0v) is 15.8. The maximum Gasteiger partial charge on any atom is 0.238 e. The Morgan fingerprint density at radius 2 is 1.67 bits per heavy atom. The van der Waals surface area contributed by atoms with Gasteiger partial charge in [0.1, 0.15) is 0 Å². The third-order valence-corrected chi connectivity index (χ3v) is 4.99. The van der Waals surface area contributed by atoms with Gasteiger partial charge in [0.2, 0.25) is 11.8 Å². The van der Waals surface area contributed by atoms with Gasteiger partial charge in [-0.2, -0.15) is 0 Å². The molecule has 1 fully saturated rings. The number of para-hydroxylation sites is 1. The summed E-state index contributed by atoms with van der Waals surface area (Å²) in [6.07, 6.45) is 2.50. The van der Waals surface area contributed by atoms with Gasteiger partial charge in [-0.3, -0.25) is 14.5 Å². The van der Waals surface area contributed by atoms with E-state index in [0.717, 1.165) is 43.7 Å². The van der Waals surface area contributed by atoms with Crippen LogP contribution in [0.4, 0.5) is 11.4 Å². The van der Waals surface area contributed by atoms with Crippen LogP contribution in [0.1, 0.15) is 25.3 Å². The maximum atomic E-state index is 12.4. The molecule has 0 atom stereocenters. The number of carbonyl (C=O) groups is 2. The van der Waals surface area contributed by atoms with Gasteiger partial charge in [0.05, 0.1) is 6.54 Å². The summed E-state index contributed by atoms with van der Waals surface area (Å²) in [4.78, 5) is 26.8. The van der Waals surface area contributed by atoms with Crippen molar-refractivity contribution < 1.29 is 9.59 Å². The van der Waals surface area contributed by atoms with Gasteiger partial charge in [-0.1, -0.05) is 37.3 Å². The van der Waals surface area contributed by atoms with E-state index in [-0.39, 0.29) is 17.7 Å². The Labute approximate surface area is 160 Å². The molecule has 2 aromatic rings. The van der Waals surface area contributed by atoms with Crippen LogP contribution in [0.15, 0.2) is 54.6 Å². The summed E-state index contributed by atoms with van der Waals surface area (Å²) in [5, 5.41) is 5.94. The van der Waals surface area contributed by atoms with E-state index in [4.69, 9.17) is 0 Å². The Hall–Kier alpha value is -2.66. The third kappa shape index (κ3) is 5.66. The van der Waals surface area contributed by atoms with E-state index in [1.54, 1.807) is 0 Å². The van der Waals surface area contributed by atoms with Crippen molar-refractivity contribution in [2.24, 2.45) is 5.92 Å². The van der Waals surface area contributed by atoms with Crippen LogP contribution in [0.25, 0.3) is 0 Å². The van der Waals surface area contributed by atoms with Crippen LogP contribution in [-0.4, -0.2) is 36.3 Å². The van der Waals surface area contributed by atoms with E-state index < -0.39 is 0 Å². The molecular formula is C22H27N3O2. The highest BCUT2D eigenvalue weighted by atomic mass is 16.2. The number of carbonyl (C=O) groups excluding carboxylic acids is 2. The Bertz CT molecular complexity index is 768. The van der Waals surface area contributed by atoms with E-state index in [2.05, 4.69) is 28.5 Å². The molecule has 0 aromatic heterocycles. The second kappa shape index (κ2) is 9.33. The number of anilines is 2. The van der Waals surface area contributed by atoms with Crippen LogP contribution in [0, 0.1) is 5.92 Å². The lowest BCUT2D eigenvalue weighted by atomic mass is 9.96. The van der Waals surface area contributed by atoms with Gasteiger partial charge in [-0.15, -0.1) is 0 Å². The first-order valence-corrected chi connectivity index (χ1v) is 9.61. The molecule has 1 aliphatic heterocycles. The monoisotopic (exact) mass is 365 g/mol. The third-order valence-electron chi connectivity index (χ3n) is 4.99. The Kier molecular flexibility index (Phi) is 6.60. The van der Waals surface area contributed by atoms with E-state index in [0.29, 0.717) is 6.54 Å². The van der Waals surface area contributed by atoms with Gasteiger partial charge in [0.15, 0.2) is 0 Å². The number of piperidine rings is 1. The normalized spacial score (nSPS) is 15.3. The van der Waals surface area contributed by atoms with Crippen molar-refractivity contribution in [3.05, 3.63) is 60.2 Å². The zero-order chi connectivity index (χ0) is 19.1. The molecule has 0 spiro atoms. The highest BCUT2D eigenvalue weighted by molar-refractivity contribution is 5.93. The molecule has 0 saturated carbocycles. The lowest BCUT2D eigenvalue weighted by molar-refractivity contribution is -0.121. The molecule has 2 N–H and O–H groups in total. The molecule has 0 aliphatic carbocycles. The van der Waals surface area contributed by atoms with Crippen molar-refractivity contribution in [3.63, 3.8) is 0 Å². The van der Waals surface area contributed by atoms with Crippen LogP contribution in [0.3, 0.4) is 0 Å². The molecule has 1 saturated heterocycles. The minimum atomic E-state index is -0.00422. The van der Waals surface area contributed by atoms with Crippen LogP contribution in [0.2, 0.25) is 0 Å². The number of hydrogen-bond acceptors (Lipinski definition) is 3. The molecule has 0 bridgehead atoms. The Balaban J connectivity index is 1.43. The summed E-state index contributed by atoms with van der Waals surface area (Å²) in [6.45, 7) is 3.98. The topological polar surface area (TPSA) is 61.4 Å². The van der Waals surface area contributed by atoms with Gasteiger partial charge in [0.25, 0.3) is 0 Å². The first kappa shape index (κ1) is 19.1. The first-order valence-electron chi connectivity index (χ1n) is 9.61. The summed E-state index contributed by atoms with van der Waals surface area (Å²) >= 11 is 0. The van der Waals surface area contributed by atoms with Crippen molar-refractivity contribution in [1.29, 1.82) is 0 Å². The van der Waals surface area contributed by atoms with Crippen molar-refractivity contribution >= 4 is 23.2 Å². The summed E-state index contributed by atoms with van der Waals surface area (Å²) < 4.78 is 0. The SMILES string of the molecule is CCc1cccc(NC(=O)CN2CCC(C(=O)Nc3ccccc3)CC2)c1. The summed E-state index contributed by atoms with van der Waals surface area (Å²) in [7, 11) is 0. The molecule has 2 aromatic carbocycles. The summed E-state index contributed by atoms with van der Waals surface area (Å²) in [6, 6.07) is 17.5. The Morgan fingerprint density at radius 3 is 2.37 bits per heavy atom. The fourth-order valence-corrected chi connectivity index (χ4v) is 3.39. The number of nitrogens with zero attached hydrogens (tertiary/aromatic N) is 1. The van der Waals surface area contributed by atoms with E-state index in [1.807, 2.05) is 48.5 Å². The van der Waals surface area contributed by atoms with Crippen LogP contribution in [0.5, 0.6) is 0 Å². The van der Waals surface area contributed by atoms with Gasteiger partial charge < -0.3 is 10.6 Å². The van der Waals surface area contributed by atoms with E-state index in [9.17, 15) is 9.59 Å². The lowest BCUT2D eigenvalue weighted by Gasteiger charge is -2.30. The number of aryl methyl sites for hydroxylation is 1. The number of amides is 2. The highest BCUT2D eigenvalue weighted by Crippen LogP contribution is 2.19. The average molecular weight is 365 g/mol. The first-order chi connectivity index (χ1) is 13.1. The van der Waals surface area contributed by atoms with Crippen molar-refractivity contribution in [3.8, 4) is 0 Å². The highest BCUT2D eigenvalue weighted by Gasteiger charge is 2.26. The van der Waals surface area contributed by atoms with Crippen molar-refractivity contribution in [2.75, 3.05) is 30.3 Å². The largest absolute Gasteiger partial charge is 0.326 e. The van der Waals surface area contributed by atoms with Crippen molar-refractivity contribution in [2.45, 2.75) is 26.2 Å². The zero-order valence-electron chi connectivity index (χ0n) is 15.8. The second-order valence-electron chi connectivity index (χ2n) is 7.01. The standard InChI is InChI=1S/C22H27N3O2/c1-2-17-7-6-10-20(15-17)23-21(26)16-25-13-11-18(12-14-25)22(27)24-19-8-4-3-5-9-19/h3-10,15,18H,2,11-14,16H2,1H3,(H,23,26)(H,24,27). The van der Waals surface area contributed by atoms with Crippen LogP contribution >= 0.6 is 0 Å². The molecule has 27 heavy (non-hydrogen) atoms. The molecule has 3 rings (SSSR count). The molecule has 1 heterocycles. The number of rotatable bonds is 6. The van der Waals surface area contributed by atoms with E-state index >= 15 is 0 Å². The lowest BCUT2D eigenvalue weighted by Crippen LogP contribution is -2.41. The van der Waals surface area contributed by atoms with Crippen molar-refractivity contribution in [1.82, 2.24) is 4.90 Å². The quantitative estimate of drug-likeness (QED) is 0.823. The van der Waals surface area contributed by atoms with E-state index in [1.165, 1.54) is 5.56 Å². The molecule has 1 aliphatic rings. The summed E-state index contributed by atoms with van der Waals surface area (Å²) in [5.74, 6) is 0.0721. The number of benzene rings is 2. The number of hydrogen-bond donors (Lipinski definition) is 2. The predicted octanol–water partition coefficient (Wildman–Crippen LogP) is 3.54. The van der Waals surface area contributed by atoms with Crippen LogP contribution < -0.4 is 10.6 Å². The second-order valence-corrected chi connectivity index (χ2v) is 7.01. The van der Waals surface area contributed by atoms with Gasteiger partial charge in [-0.25, -0.2) is 0 Å². The summed E-state index contributed by atoms with van der Waals surface area (Å²) in [5.41, 5.74) is 2.88. The molecule has 5 nitrogen and oxygen atoms in total. The van der Waals surface area contributed by atoms with Gasteiger partial charge in [-0.05, 0) is 62.2 Å². The number of nitrogens with one attached hydrogen (secondary N) is 2. The van der Waals surface area contributed by atoms with Crippen LogP contribution in [-0.2, 0) is 16.0 Å². The molecule has 0 radical (unpaired) electrons. The molecule has 2 amide bonds. The number of likely N-dealkylation sites (tertiary alicyclic amines) is 1. The molecule has 0 unspecified atom stereocenters. The predicted molar refractivity (Wildman–Crippen MR) is 109 cm³/mol. The molecular weight excluding hydrogens is 338 g/mol.